The van der Waals surface area contributed by atoms with E-state index in [1.807, 2.05) is 80.6 Å². The Morgan fingerprint density at radius 2 is 1.82 bits per heavy atom. The molecule has 0 aliphatic heterocycles. The molecule has 0 aromatic heterocycles. The zero-order chi connectivity index (χ0) is 19.9. The molecule has 0 saturated carbocycles. The molecule has 0 aliphatic carbocycles. The highest BCUT2D eigenvalue weighted by Crippen LogP contribution is 2.30. The van der Waals surface area contributed by atoms with Crippen molar-refractivity contribution in [2.45, 2.75) is 20.3 Å². The molecule has 0 atom stereocenters. The van der Waals surface area contributed by atoms with Crippen molar-refractivity contribution in [2.24, 2.45) is 0 Å². The summed E-state index contributed by atoms with van der Waals surface area (Å²) in [6.45, 7) is 4.43. The number of anilines is 1. The van der Waals surface area contributed by atoms with Crippen LogP contribution < -0.4 is 10.1 Å². The fraction of sp³-hybridized carbons (Fsp3) is 0.167. The number of para-hydroxylation sites is 1. The molecule has 0 spiro atoms. The van der Waals surface area contributed by atoms with Crippen molar-refractivity contribution in [1.29, 1.82) is 5.26 Å². The van der Waals surface area contributed by atoms with Gasteiger partial charge in [-0.15, -0.1) is 0 Å². The van der Waals surface area contributed by atoms with Crippen LogP contribution in [-0.2, 0) is 11.2 Å². The molecule has 4 heteroatoms. The second-order valence-corrected chi connectivity index (χ2v) is 6.27. The van der Waals surface area contributed by atoms with Gasteiger partial charge in [-0.05, 0) is 47.9 Å². The summed E-state index contributed by atoms with van der Waals surface area (Å²) in [6.07, 6.45) is 2.40. The summed E-state index contributed by atoms with van der Waals surface area (Å²) in [5.41, 5.74) is 2.51. The van der Waals surface area contributed by atoms with E-state index in [1.54, 1.807) is 6.08 Å². The highest BCUT2D eigenvalue weighted by molar-refractivity contribution is 6.11. The molecule has 0 fully saturated rings. The van der Waals surface area contributed by atoms with Crippen LogP contribution in [0.5, 0.6) is 5.75 Å². The standard InChI is InChI=1S/C24H22N2O2/c1-3-17-9-6-8-12-22(17)26-24(27)19(16-25)15-21-20-11-7-5-10-18(20)13-14-23(21)28-4-2/h5-15H,3-4H2,1-2H3,(H,26,27)/b19-15+. The van der Waals surface area contributed by atoms with E-state index in [0.717, 1.165) is 34.0 Å². The maximum Gasteiger partial charge on any atom is 0.266 e. The van der Waals surface area contributed by atoms with Gasteiger partial charge in [0.1, 0.15) is 17.4 Å². The minimum Gasteiger partial charge on any atom is -0.493 e. The average molecular weight is 370 g/mol. The van der Waals surface area contributed by atoms with Gasteiger partial charge >= 0.3 is 0 Å². The van der Waals surface area contributed by atoms with Gasteiger partial charge in [-0.3, -0.25) is 4.79 Å². The van der Waals surface area contributed by atoms with Crippen molar-refractivity contribution < 1.29 is 9.53 Å². The van der Waals surface area contributed by atoms with Gasteiger partial charge in [0.25, 0.3) is 5.91 Å². The normalized spacial score (nSPS) is 11.1. The molecule has 0 saturated heterocycles. The van der Waals surface area contributed by atoms with E-state index in [9.17, 15) is 10.1 Å². The quantitative estimate of drug-likeness (QED) is 0.470. The number of hydrogen-bond donors (Lipinski definition) is 1. The first-order valence-electron chi connectivity index (χ1n) is 9.33. The van der Waals surface area contributed by atoms with E-state index >= 15 is 0 Å². The smallest absolute Gasteiger partial charge is 0.266 e. The number of rotatable bonds is 6. The van der Waals surface area contributed by atoms with Gasteiger partial charge in [-0.1, -0.05) is 55.5 Å². The van der Waals surface area contributed by atoms with Gasteiger partial charge in [0, 0.05) is 11.3 Å². The van der Waals surface area contributed by atoms with Crippen molar-refractivity contribution in [3.05, 3.63) is 77.4 Å². The third kappa shape index (κ3) is 4.05. The predicted molar refractivity (Wildman–Crippen MR) is 113 cm³/mol. The fourth-order valence-corrected chi connectivity index (χ4v) is 3.14. The monoisotopic (exact) mass is 370 g/mol. The molecule has 28 heavy (non-hydrogen) atoms. The maximum absolute atomic E-state index is 12.8. The summed E-state index contributed by atoms with van der Waals surface area (Å²) in [5.74, 6) is 0.217. The molecule has 3 aromatic carbocycles. The maximum atomic E-state index is 12.8. The lowest BCUT2D eigenvalue weighted by atomic mass is 10.0. The Balaban J connectivity index is 2.04. The first kappa shape index (κ1) is 19.2. The minimum absolute atomic E-state index is 0.0308. The minimum atomic E-state index is -0.432. The van der Waals surface area contributed by atoms with Gasteiger partial charge < -0.3 is 10.1 Å². The summed E-state index contributed by atoms with van der Waals surface area (Å²) < 4.78 is 5.74. The van der Waals surface area contributed by atoms with E-state index < -0.39 is 5.91 Å². The van der Waals surface area contributed by atoms with E-state index in [0.29, 0.717) is 12.4 Å². The molecule has 0 heterocycles. The first-order chi connectivity index (χ1) is 13.7. The Kier molecular flexibility index (Phi) is 6.08. The number of nitrogens with one attached hydrogen (secondary N) is 1. The number of fused-ring (bicyclic) bond motifs is 1. The SMILES string of the molecule is CCOc1ccc2ccccc2c1/C=C(\C#N)C(=O)Nc1ccccc1CC. The molecular weight excluding hydrogens is 348 g/mol. The van der Waals surface area contributed by atoms with Crippen LogP contribution >= 0.6 is 0 Å². The first-order valence-corrected chi connectivity index (χ1v) is 9.33. The Labute approximate surface area is 165 Å². The number of nitrogens with zero attached hydrogens (tertiary/aromatic N) is 1. The van der Waals surface area contributed by atoms with E-state index in [-0.39, 0.29) is 5.57 Å². The summed E-state index contributed by atoms with van der Waals surface area (Å²) in [4.78, 5) is 12.8. The van der Waals surface area contributed by atoms with Gasteiger partial charge in [-0.2, -0.15) is 5.26 Å². The number of carbonyl (C=O) groups excluding carboxylic acids is 1. The highest BCUT2D eigenvalue weighted by Gasteiger charge is 2.14. The fourth-order valence-electron chi connectivity index (χ4n) is 3.14. The van der Waals surface area contributed by atoms with Gasteiger partial charge in [0.05, 0.1) is 6.61 Å². The van der Waals surface area contributed by atoms with Crippen molar-refractivity contribution >= 4 is 28.4 Å². The lowest BCUT2D eigenvalue weighted by molar-refractivity contribution is -0.112. The van der Waals surface area contributed by atoms with Crippen molar-refractivity contribution in [3.63, 3.8) is 0 Å². The topological polar surface area (TPSA) is 62.1 Å². The summed E-state index contributed by atoms with van der Waals surface area (Å²) in [7, 11) is 0. The number of carbonyl (C=O) groups is 1. The molecule has 1 amide bonds. The highest BCUT2D eigenvalue weighted by atomic mass is 16.5. The zero-order valence-electron chi connectivity index (χ0n) is 16.0. The number of hydrogen-bond acceptors (Lipinski definition) is 3. The summed E-state index contributed by atoms with van der Waals surface area (Å²) >= 11 is 0. The molecule has 0 unspecified atom stereocenters. The molecule has 1 N–H and O–H groups in total. The molecule has 0 aliphatic rings. The summed E-state index contributed by atoms with van der Waals surface area (Å²) in [5, 5.41) is 14.4. The zero-order valence-corrected chi connectivity index (χ0v) is 16.0. The largest absolute Gasteiger partial charge is 0.493 e. The summed E-state index contributed by atoms with van der Waals surface area (Å²) in [6, 6.07) is 21.3. The Bertz CT molecular complexity index is 1080. The Hall–Kier alpha value is -3.58. The van der Waals surface area contributed by atoms with E-state index in [4.69, 9.17) is 4.74 Å². The second kappa shape index (κ2) is 8.88. The molecule has 0 bridgehead atoms. The van der Waals surface area contributed by atoms with Crippen molar-refractivity contribution in [1.82, 2.24) is 0 Å². The molecule has 4 nitrogen and oxygen atoms in total. The number of ether oxygens (including phenoxy) is 1. The molecular formula is C24H22N2O2. The Morgan fingerprint density at radius 3 is 2.57 bits per heavy atom. The molecule has 3 aromatic rings. The van der Waals surface area contributed by atoms with Crippen LogP contribution in [0.4, 0.5) is 5.69 Å². The van der Waals surface area contributed by atoms with E-state index in [2.05, 4.69) is 5.32 Å². The lowest BCUT2D eigenvalue weighted by Gasteiger charge is -2.12. The van der Waals surface area contributed by atoms with Crippen LogP contribution in [0.25, 0.3) is 16.8 Å². The lowest BCUT2D eigenvalue weighted by Crippen LogP contribution is -2.14. The van der Waals surface area contributed by atoms with Crippen LogP contribution in [0.15, 0.2) is 66.2 Å². The third-order valence-corrected chi connectivity index (χ3v) is 4.53. The Morgan fingerprint density at radius 1 is 1.07 bits per heavy atom. The molecule has 3 rings (SSSR count). The number of benzene rings is 3. The van der Waals surface area contributed by atoms with Gasteiger partial charge in [0.15, 0.2) is 0 Å². The van der Waals surface area contributed by atoms with Crippen molar-refractivity contribution in [3.8, 4) is 11.8 Å². The average Bonchev–Trinajstić information content (AvgIpc) is 2.73. The van der Waals surface area contributed by atoms with E-state index in [1.165, 1.54) is 0 Å². The van der Waals surface area contributed by atoms with Gasteiger partial charge in [-0.25, -0.2) is 0 Å². The molecule has 140 valence electrons. The number of amides is 1. The van der Waals surface area contributed by atoms with Gasteiger partial charge in [0.2, 0.25) is 0 Å². The van der Waals surface area contributed by atoms with Crippen LogP contribution in [0.2, 0.25) is 0 Å². The molecule has 0 radical (unpaired) electrons. The second-order valence-electron chi connectivity index (χ2n) is 6.27. The predicted octanol–water partition coefficient (Wildman–Crippen LogP) is 5.35. The number of nitriles is 1. The number of aryl methyl sites for hydroxylation is 1. The van der Waals surface area contributed by atoms with Crippen LogP contribution in [0, 0.1) is 11.3 Å². The van der Waals surface area contributed by atoms with Crippen LogP contribution in [-0.4, -0.2) is 12.5 Å². The van der Waals surface area contributed by atoms with Crippen LogP contribution in [0.1, 0.15) is 25.0 Å². The third-order valence-electron chi connectivity index (χ3n) is 4.53. The van der Waals surface area contributed by atoms with Crippen molar-refractivity contribution in [2.75, 3.05) is 11.9 Å². The van der Waals surface area contributed by atoms with Crippen LogP contribution in [0.3, 0.4) is 0 Å².